The molecule has 0 saturated carbocycles. The number of anilines is 1. The number of aromatic nitrogens is 2. The van der Waals surface area contributed by atoms with E-state index >= 15 is 0 Å². The Balaban J connectivity index is 2.22. The summed E-state index contributed by atoms with van der Waals surface area (Å²) in [6, 6.07) is 5.61. The van der Waals surface area contributed by atoms with Crippen LogP contribution in [0.1, 0.15) is 6.42 Å². The van der Waals surface area contributed by atoms with Crippen molar-refractivity contribution < 1.29 is 4.79 Å². The highest BCUT2D eigenvalue weighted by atomic mass is 79.9. The summed E-state index contributed by atoms with van der Waals surface area (Å²) in [5, 5.41) is 0.971. The summed E-state index contributed by atoms with van der Waals surface area (Å²) in [5.74, 6) is 0.564. The molecule has 1 aromatic heterocycles. The van der Waals surface area contributed by atoms with Crippen LogP contribution in [0.25, 0.3) is 10.9 Å². The molecule has 0 N–H and O–H groups in total. The molecule has 4 nitrogen and oxygen atoms in total. The van der Waals surface area contributed by atoms with Gasteiger partial charge in [-0.05, 0) is 29.8 Å². The summed E-state index contributed by atoms with van der Waals surface area (Å²) < 4.78 is 0.904. The molecule has 7 heteroatoms. The molecule has 2 heterocycles. The van der Waals surface area contributed by atoms with Crippen LogP contribution in [0.15, 0.2) is 22.7 Å². The Morgan fingerprint density at radius 1 is 1.42 bits per heavy atom. The van der Waals surface area contributed by atoms with E-state index in [0.717, 1.165) is 9.86 Å². The first-order valence-electron chi connectivity index (χ1n) is 5.66. The SMILES string of the molecule is O=C1CC(S)CN1c1nc(Cl)nc2ccc(Br)cc12. The van der Waals surface area contributed by atoms with E-state index in [9.17, 15) is 4.79 Å². The fourth-order valence-electron chi connectivity index (χ4n) is 2.16. The van der Waals surface area contributed by atoms with Crippen LogP contribution in [0, 0.1) is 0 Å². The maximum absolute atomic E-state index is 12.0. The van der Waals surface area contributed by atoms with E-state index in [-0.39, 0.29) is 16.4 Å². The number of rotatable bonds is 1. The molecule has 0 bridgehead atoms. The number of amides is 1. The van der Waals surface area contributed by atoms with Crippen LogP contribution in [0.4, 0.5) is 5.82 Å². The molecule has 98 valence electrons. The molecular weight excluding hydrogens is 350 g/mol. The van der Waals surface area contributed by atoms with E-state index in [1.54, 1.807) is 4.90 Å². The van der Waals surface area contributed by atoms with Gasteiger partial charge in [-0.3, -0.25) is 9.69 Å². The predicted molar refractivity (Wildman–Crippen MR) is 82.0 cm³/mol. The molecule has 1 aliphatic rings. The molecule has 2 aromatic rings. The molecule has 0 spiro atoms. The van der Waals surface area contributed by atoms with Crippen molar-refractivity contribution in [2.45, 2.75) is 11.7 Å². The van der Waals surface area contributed by atoms with Crippen LogP contribution in [0.3, 0.4) is 0 Å². The van der Waals surface area contributed by atoms with Gasteiger partial charge in [0, 0.05) is 28.1 Å². The van der Waals surface area contributed by atoms with Gasteiger partial charge in [0.2, 0.25) is 11.2 Å². The molecule has 1 saturated heterocycles. The number of carbonyl (C=O) groups excluding carboxylic acids is 1. The van der Waals surface area contributed by atoms with Crippen molar-refractivity contribution in [3.8, 4) is 0 Å². The fraction of sp³-hybridized carbons (Fsp3) is 0.250. The van der Waals surface area contributed by atoms with Crippen LogP contribution in [0.2, 0.25) is 5.28 Å². The monoisotopic (exact) mass is 357 g/mol. The van der Waals surface area contributed by atoms with E-state index in [2.05, 4.69) is 38.5 Å². The summed E-state index contributed by atoms with van der Waals surface area (Å²) >= 11 is 13.7. The zero-order valence-electron chi connectivity index (χ0n) is 9.68. The van der Waals surface area contributed by atoms with Crippen LogP contribution in [0.5, 0.6) is 0 Å². The molecule has 1 fully saturated rings. The van der Waals surface area contributed by atoms with E-state index in [1.165, 1.54) is 0 Å². The second-order valence-corrected chi connectivity index (χ2v) is 6.32. The van der Waals surface area contributed by atoms with Gasteiger partial charge in [0.25, 0.3) is 0 Å². The first-order chi connectivity index (χ1) is 9.04. The summed E-state index contributed by atoms with van der Waals surface area (Å²) in [6.07, 6.45) is 0.417. The number of carbonyl (C=O) groups is 1. The first-order valence-corrected chi connectivity index (χ1v) is 7.34. The van der Waals surface area contributed by atoms with Gasteiger partial charge in [0.15, 0.2) is 0 Å². The van der Waals surface area contributed by atoms with Crippen LogP contribution in [-0.4, -0.2) is 27.7 Å². The fourth-order valence-corrected chi connectivity index (χ4v) is 3.01. The van der Waals surface area contributed by atoms with Crippen molar-refractivity contribution in [2.75, 3.05) is 11.4 Å². The third kappa shape index (κ3) is 2.44. The Hall–Kier alpha value is -0.850. The van der Waals surface area contributed by atoms with Gasteiger partial charge in [-0.2, -0.15) is 17.6 Å². The van der Waals surface area contributed by atoms with Gasteiger partial charge in [-0.15, -0.1) is 0 Å². The standard InChI is InChI=1S/C12H9BrClN3OS/c13-6-1-2-9-8(3-6)11(16-12(14)15-9)17-5-7(19)4-10(17)18/h1-3,7,19H,4-5H2. The summed E-state index contributed by atoms with van der Waals surface area (Å²) in [6.45, 7) is 0.539. The Morgan fingerprint density at radius 2 is 2.21 bits per heavy atom. The van der Waals surface area contributed by atoms with Crippen molar-refractivity contribution >= 4 is 62.8 Å². The van der Waals surface area contributed by atoms with Crippen LogP contribution < -0.4 is 4.90 Å². The molecule has 1 aliphatic heterocycles. The highest BCUT2D eigenvalue weighted by Gasteiger charge is 2.30. The zero-order chi connectivity index (χ0) is 13.6. The summed E-state index contributed by atoms with van der Waals surface area (Å²) in [7, 11) is 0. The molecular formula is C12H9BrClN3OS. The zero-order valence-corrected chi connectivity index (χ0v) is 12.9. The lowest BCUT2D eigenvalue weighted by Gasteiger charge is -2.17. The van der Waals surface area contributed by atoms with Crippen LogP contribution in [-0.2, 0) is 4.79 Å². The molecule has 0 aliphatic carbocycles. The van der Waals surface area contributed by atoms with E-state index < -0.39 is 0 Å². The quantitative estimate of drug-likeness (QED) is 0.629. The number of thiol groups is 1. The lowest BCUT2D eigenvalue weighted by atomic mass is 10.2. The third-order valence-corrected chi connectivity index (χ3v) is 3.98. The van der Waals surface area contributed by atoms with Gasteiger partial charge < -0.3 is 0 Å². The van der Waals surface area contributed by atoms with Crippen molar-refractivity contribution in [2.24, 2.45) is 0 Å². The number of hydrogen-bond acceptors (Lipinski definition) is 4. The van der Waals surface area contributed by atoms with E-state index in [4.69, 9.17) is 11.6 Å². The minimum Gasteiger partial charge on any atom is -0.295 e. The third-order valence-electron chi connectivity index (χ3n) is 2.97. The summed E-state index contributed by atoms with van der Waals surface area (Å²) in [4.78, 5) is 22.0. The normalized spacial score (nSPS) is 19.4. The van der Waals surface area contributed by atoms with Crippen molar-refractivity contribution in [3.63, 3.8) is 0 Å². The molecule has 19 heavy (non-hydrogen) atoms. The average Bonchev–Trinajstić information content (AvgIpc) is 2.68. The first kappa shape index (κ1) is 13.1. The molecule has 1 atom stereocenters. The maximum Gasteiger partial charge on any atom is 0.229 e. The van der Waals surface area contributed by atoms with Gasteiger partial charge in [0.05, 0.1) is 5.52 Å². The second kappa shape index (κ2) is 4.92. The molecule has 1 amide bonds. The highest BCUT2D eigenvalue weighted by molar-refractivity contribution is 9.10. The Labute approximate surface area is 128 Å². The van der Waals surface area contributed by atoms with Crippen LogP contribution >= 0.6 is 40.2 Å². The number of benzene rings is 1. The smallest absolute Gasteiger partial charge is 0.229 e. The molecule has 1 aromatic carbocycles. The Bertz CT molecular complexity index is 681. The highest BCUT2D eigenvalue weighted by Crippen LogP contribution is 2.31. The van der Waals surface area contributed by atoms with Gasteiger partial charge in [0.1, 0.15) is 5.82 Å². The van der Waals surface area contributed by atoms with Gasteiger partial charge >= 0.3 is 0 Å². The minimum atomic E-state index is 0.0102. The molecule has 1 unspecified atom stereocenters. The molecule has 3 rings (SSSR count). The van der Waals surface area contributed by atoms with E-state index in [0.29, 0.717) is 24.3 Å². The summed E-state index contributed by atoms with van der Waals surface area (Å²) in [5.41, 5.74) is 0.716. The average molecular weight is 359 g/mol. The lowest BCUT2D eigenvalue weighted by molar-refractivity contribution is -0.117. The predicted octanol–water partition coefficient (Wildman–Crippen LogP) is 3.08. The number of fused-ring (bicyclic) bond motifs is 1. The van der Waals surface area contributed by atoms with Crippen molar-refractivity contribution in [1.82, 2.24) is 9.97 Å². The maximum atomic E-state index is 12.0. The Kier molecular flexibility index (Phi) is 3.41. The molecule has 0 radical (unpaired) electrons. The van der Waals surface area contributed by atoms with Gasteiger partial charge in [-0.25, -0.2) is 4.98 Å². The van der Waals surface area contributed by atoms with Crippen molar-refractivity contribution in [3.05, 3.63) is 28.0 Å². The van der Waals surface area contributed by atoms with Gasteiger partial charge in [-0.1, -0.05) is 15.9 Å². The Morgan fingerprint density at radius 3 is 2.89 bits per heavy atom. The number of nitrogens with zero attached hydrogens (tertiary/aromatic N) is 3. The number of halogens is 2. The lowest BCUT2D eigenvalue weighted by Crippen LogP contribution is -2.26. The largest absolute Gasteiger partial charge is 0.295 e. The van der Waals surface area contributed by atoms with E-state index in [1.807, 2.05) is 18.2 Å². The topological polar surface area (TPSA) is 46.1 Å². The number of hydrogen-bond donors (Lipinski definition) is 1. The second-order valence-electron chi connectivity index (χ2n) is 4.34. The van der Waals surface area contributed by atoms with Crippen molar-refractivity contribution in [1.29, 1.82) is 0 Å². The minimum absolute atomic E-state index is 0.0102.